The fraction of sp³-hybridized carbons (Fsp3) is 0.190. The second-order valence-electron chi connectivity index (χ2n) is 7.28. The molecule has 33 heavy (non-hydrogen) atoms. The monoisotopic (exact) mass is 488 g/mol. The van der Waals surface area contributed by atoms with Crippen LogP contribution in [0.15, 0.2) is 52.9 Å². The number of hydrogen-bond donors (Lipinski definition) is 3. The number of halogens is 1. The Labute approximate surface area is 193 Å². The van der Waals surface area contributed by atoms with E-state index in [1.54, 1.807) is 43.6 Å². The van der Waals surface area contributed by atoms with E-state index in [0.717, 1.165) is 5.56 Å². The van der Waals surface area contributed by atoms with E-state index in [1.807, 2.05) is 0 Å². The topological polar surface area (TPSA) is 131 Å². The summed E-state index contributed by atoms with van der Waals surface area (Å²) in [7, 11) is -3.84. The predicted molar refractivity (Wildman–Crippen MR) is 124 cm³/mol. The Hall–Kier alpha value is -3.35. The lowest BCUT2D eigenvalue weighted by Crippen LogP contribution is -2.25. The number of nitrogens with one attached hydrogen (secondary N) is 2. The average molecular weight is 489 g/mol. The summed E-state index contributed by atoms with van der Waals surface area (Å²) >= 11 is 1.22. The number of thiophene rings is 1. The van der Waals surface area contributed by atoms with Crippen molar-refractivity contribution in [3.8, 4) is 11.1 Å². The Kier molecular flexibility index (Phi) is 6.15. The van der Waals surface area contributed by atoms with Gasteiger partial charge in [0.25, 0.3) is 5.91 Å². The van der Waals surface area contributed by atoms with Gasteiger partial charge in [0.15, 0.2) is 5.65 Å². The lowest BCUT2D eigenvalue weighted by atomic mass is 10.1. The first-order valence-corrected chi connectivity index (χ1v) is 12.3. The number of benzene rings is 1. The lowest BCUT2D eigenvalue weighted by Gasteiger charge is -2.13. The number of nitrogen functional groups attached to an aromatic ring is 1. The Morgan fingerprint density at radius 2 is 1.97 bits per heavy atom. The number of nitrogens with two attached hydrogens (primary N) is 1. The van der Waals surface area contributed by atoms with Gasteiger partial charge in [-0.15, -0.1) is 16.4 Å². The molecule has 0 radical (unpaired) electrons. The highest BCUT2D eigenvalue weighted by Gasteiger charge is 2.22. The maximum Gasteiger partial charge on any atom is 0.261 e. The van der Waals surface area contributed by atoms with Crippen LogP contribution in [0.2, 0.25) is 0 Å². The molecular weight excluding hydrogens is 467 g/mol. The van der Waals surface area contributed by atoms with Crippen molar-refractivity contribution in [3.05, 3.63) is 64.2 Å². The molecule has 1 aromatic carbocycles. The minimum atomic E-state index is -3.84. The van der Waals surface area contributed by atoms with Crippen LogP contribution in [-0.4, -0.2) is 35.5 Å². The van der Waals surface area contributed by atoms with Crippen LogP contribution in [0.25, 0.3) is 16.8 Å². The van der Waals surface area contributed by atoms with Crippen molar-refractivity contribution in [2.24, 2.45) is 0 Å². The summed E-state index contributed by atoms with van der Waals surface area (Å²) in [6.07, 6.45) is 1.61. The molecule has 0 unspecified atom stereocenters. The molecular formula is C21H21FN6O3S2. The Balaban J connectivity index is 1.64. The lowest BCUT2D eigenvalue weighted by molar-refractivity contribution is 0.0944. The van der Waals surface area contributed by atoms with E-state index in [1.165, 1.54) is 34.1 Å². The van der Waals surface area contributed by atoms with Crippen LogP contribution in [0, 0.1) is 5.82 Å². The molecule has 0 aliphatic carbocycles. The first-order valence-electron chi connectivity index (χ1n) is 9.98. The molecule has 0 saturated carbocycles. The number of pyridine rings is 1. The van der Waals surface area contributed by atoms with Gasteiger partial charge in [-0.3, -0.25) is 4.79 Å². The first-order chi connectivity index (χ1) is 15.7. The first kappa shape index (κ1) is 22.8. The van der Waals surface area contributed by atoms with Gasteiger partial charge in [-0.05, 0) is 47.7 Å². The number of carbonyl (C=O) groups excluding carboxylic acids is 1. The molecule has 3 heterocycles. The van der Waals surface area contributed by atoms with Gasteiger partial charge in [-0.25, -0.2) is 22.0 Å². The van der Waals surface area contributed by atoms with Crippen LogP contribution in [0.5, 0.6) is 0 Å². The van der Waals surface area contributed by atoms with Crippen LogP contribution in [-0.2, 0) is 10.0 Å². The predicted octanol–water partition coefficient (Wildman–Crippen LogP) is 2.97. The van der Waals surface area contributed by atoms with Crippen molar-refractivity contribution in [2.75, 3.05) is 12.3 Å². The van der Waals surface area contributed by atoms with Gasteiger partial charge in [-0.1, -0.05) is 19.1 Å². The number of hydrogen-bond acceptors (Lipinski definition) is 7. The number of carbonyl (C=O) groups is 1. The van der Waals surface area contributed by atoms with E-state index in [4.69, 9.17) is 5.73 Å². The van der Waals surface area contributed by atoms with Crippen LogP contribution in [0.3, 0.4) is 0 Å². The maximum atomic E-state index is 13.1. The van der Waals surface area contributed by atoms with Crippen LogP contribution >= 0.6 is 11.3 Å². The number of rotatable bonds is 7. The fourth-order valence-electron chi connectivity index (χ4n) is 3.31. The van der Waals surface area contributed by atoms with Gasteiger partial charge in [0, 0.05) is 18.3 Å². The van der Waals surface area contributed by atoms with E-state index < -0.39 is 10.0 Å². The number of nitrogens with zero attached hydrogens (tertiary/aromatic N) is 3. The third-order valence-corrected chi connectivity index (χ3v) is 7.39. The highest BCUT2D eigenvalue weighted by Crippen LogP contribution is 2.29. The molecule has 1 atom stereocenters. The molecule has 1 amide bonds. The summed E-state index contributed by atoms with van der Waals surface area (Å²) < 4.78 is 42.3. The highest BCUT2D eigenvalue weighted by molar-refractivity contribution is 7.89. The Morgan fingerprint density at radius 1 is 1.24 bits per heavy atom. The second kappa shape index (κ2) is 8.89. The molecule has 0 fully saturated rings. The number of anilines is 1. The van der Waals surface area contributed by atoms with E-state index >= 15 is 0 Å². The number of fused-ring (bicyclic) bond motifs is 1. The molecule has 4 N–H and O–H groups in total. The van der Waals surface area contributed by atoms with E-state index in [9.17, 15) is 17.6 Å². The quantitative estimate of drug-likeness (QED) is 0.367. The van der Waals surface area contributed by atoms with Crippen molar-refractivity contribution in [1.82, 2.24) is 24.6 Å². The van der Waals surface area contributed by atoms with Crippen molar-refractivity contribution >= 4 is 38.9 Å². The van der Waals surface area contributed by atoms with Crippen molar-refractivity contribution in [1.29, 1.82) is 0 Å². The van der Waals surface area contributed by atoms with Gasteiger partial charge >= 0.3 is 0 Å². The molecule has 4 rings (SSSR count). The van der Waals surface area contributed by atoms with Gasteiger partial charge in [0.2, 0.25) is 16.0 Å². The summed E-state index contributed by atoms with van der Waals surface area (Å²) in [6.45, 7) is 3.69. The smallest absolute Gasteiger partial charge is 0.261 e. The van der Waals surface area contributed by atoms with E-state index in [0.29, 0.717) is 16.0 Å². The van der Waals surface area contributed by atoms with Gasteiger partial charge in [-0.2, -0.15) is 4.98 Å². The molecule has 0 aliphatic rings. The molecule has 172 valence electrons. The standard InChI is InChI=1S/C21H21FN6O3S2/c1-3-24-33(30,31)18-9-14(10-28-19(18)26-21(23)27-28)15-8-17(32-11-15)20(29)25-12(2)13-4-6-16(22)7-5-13/h4-12,24H,3H2,1-2H3,(H2,23,27)(H,25,29)/t12-/m0/s1. The molecule has 4 aromatic rings. The minimum absolute atomic E-state index is 0.0553. The van der Waals surface area contributed by atoms with Crippen LogP contribution in [0.4, 0.5) is 10.3 Å². The SMILES string of the molecule is CCNS(=O)(=O)c1cc(-c2csc(C(=O)N[C@@H](C)c3ccc(F)cc3)c2)cn2nc(N)nc12. The average Bonchev–Trinajstić information content (AvgIpc) is 3.39. The van der Waals surface area contributed by atoms with Gasteiger partial charge in [0.05, 0.1) is 10.9 Å². The maximum absolute atomic E-state index is 13.1. The van der Waals surface area contributed by atoms with Gasteiger partial charge < -0.3 is 11.1 Å². The summed E-state index contributed by atoms with van der Waals surface area (Å²) in [4.78, 5) is 17.1. The number of sulfonamides is 1. The fourth-order valence-corrected chi connectivity index (χ4v) is 5.32. The molecule has 0 aliphatic heterocycles. The zero-order chi connectivity index (χ0) is 23.8. The van der Waals surface area contributed by atoms with Crippen LogP contribution < -0.4 is 15.8 Å². The van der Waals surface area contributed by atoms with Crippen LogP contribution in [0.1, 0.15) is 35.1 Å². The molecule has 9 nitrogen and oxygen atoms in total. The van der Waals surface area contributed by atoms with Gasteiger partial charge in [0.1, 0.15) is 10.7 Å². The largest absolute Gasteiger partial charge is 0.366 e. The van der Waals surface area contributed by atoms with Crippen molar-refractivity contribution in [2.45, 2.75) is 24.8 Å². The summed E-state index contributed by atoms with van der Waals surface area (Å²) in [6, 6.07) is 8.74. The number of amides is 1. The zero-order valence-electron chi connectivity index (χ0n) is 17.7. The molecule has 0 bridgehead atoms. The highest BCUT2D eigenvalue weighted by atomic mass is 32.2. The molecule has 12 heteroatoms. The zero-order valence-corrected chi connectivity index (χ0v) is 19.4. The second-order valence-corrected chi connectivity index (χ2v) is 9.93. The minimum Gasteiger partial charge on any atom is -0.366 e. The normalized spacial score (nSPS) is 12.7. The van der Waals surface area contributed by atoms with Crippen molar-refractivity contribution in [3.63, 3.8) is 0 Å². The van der Waals surface area contributed by atoms with E-state index in [-0.39, 0.29) is 40.8 Å². The summed E-state index contributed by atoms with van der Waals surface area (Å²) in [5, 5.41) is 8.68. The Bertz CT molecular complexity index is 1430. The molecule has 3 aromatic heterocycles. The number of aromatic nitrogens is 3. The molecule has 0 saturated heterocycles. The third-order valence-electron chi connectivity index (χ3n) is 4.91. The van der Waals surface area contributed by atoms with Crippen molar-refractivity contribution < 1.29 is 17.6 Å². The Morgan fingerprint density at radius 3 is 2.67 bits per heavy atom. The molecule has 0 spiro atoms. The summed E-state index contributed by atoms with van der Waals surface area (Å²) in [5.41, 5.74) is 7.74. The third kappa shape index (κ3) is 4.72. The summed E-state index contributed by atoms with van der Waals surface area (Å²) in [5.74, 6) is -0.697. The van der Waals surface area contributed by atoms with E-state index in [2.05, 4.69) is 20.1 Å².